The number of hydrogen-bond acceptors (Lipinski definition) is 6. The van der Waals surface area contributed by atoms with Gasteiger partial charge in [-0.25, -0.2) is 4.79 Å². The van der Waals surface area contributed by atoms with Crippen molar-refractivity contribution in [1.82, 2.24) is 0 Å². The molecule has 0 saturated carbocycles. The number of hydrogen-bond donors (Lipinski definition) is 1. The van der Waals surface area contributed by atoms with Crippen LogP contribution in [0.15, 0.2) is 34.6 Å². The second kappa shape index (κ2) is 6.26. The summed E-state index contributed by atoms with van der Waals surface area (Å²) in [6.07, 6.45) is 1.20. The van der Waals surface area contributed by atoms with Crippen molar-refractivity contribution < 1.29 is 19.6 Å². The van der Waals surface area contributed by atoms with E-state index in [0.29, 0.717) is 11.1 Å². The zero-order chi connectivity index (χ0) is 12.7. The Kier molecular flexibility index (Phi) is 4.68. The predicted molar refractivity (Wildman–Crippen MR) is 61.4 cm³/mol. The maximum Gasteiger partial charge on any atom is 0.360 e. The Bertz CT molecular complexity index is 455. The Morgan fingerprint density at radius 1 is 1.35 bits per heavy atom. The number of carbonyl (C=O) groups excluding carboxylic acids is 1. The summed E-state index contributed by atoms with van der Waals surface area (Å²) in [6, 6.07) is 6.77. The Labute approximate surface area is 98.1 Å². The molecule has 0 aliphatic heterocycles. The molecular formula is C11H12N2O4. The highest BCUT2D eigenvalue weighted by atomic mass is 16.6. The molecule has 1 N–H and O–H groups in total. The van der Waals surface area contributed by atoms with Crippen LogP contribution in [0.25, 0.3) is 0 Å². The first kappa shape index (κ1) is 12.7. The molecule has 0 aliphatic rings. The van der Waals surface area contributed by atoms with Gasteiger partial charge >= 0.3 is 5.97 Å². The average molecular weight is 236 g/mol. The summed E-state index contributed by atoms with van der Waals surface area (Å²) in [5.74, 6) is -0.634. The first-order valence-corrected chi connectivity index (χ1v) is 4.71. The topological polar surface area (TPSA) is 80.5 Å². The largest absolute Gasteiger partial charge is 0.464 e. The van der Waals surface area contributed by atoms with Crippen LogP contribution in [-0.2, 0) is 14.4 Å². The minimum absolute atomic E-state index is 0.00509. The van der Waals surface area contributed by atoms with Gasteiger partial charge in [-0.2, -0.15) is 0 Å². The Balaban J connectivity index is 3.28. The number of nitrogens with zero attached hydrogens (tertiary/aromatic N) is 2. The molecule has 1 aromatic rings. The normalized spacial score (nSPS) is 11.5. The van der Waals surface area contributed by atoms with E-state index in [1.54, 1.807) is 24.3 Å². The Morgan fingerprint density at radius 3 is 2.65 bits per heavy atom. The van der Waals surface area contributed by atoms with Crippen molar-refractivity contribution in [2.24, 2.45) is 10.3 Å². The molecular weight excluding hydrogens is 224 g/mol. The summed E-state index contributed by atoms with van der Waals surface area (Å²) in [4.78, 5) is 16.1. The lowest BCUT2D eigenvalue weighted by Crippen LogP contribution is -2.19. The van der Waals surface area contributed by atoms with Crippen molar-refractivity contribution in [2.75, 3.05) is 14.2 Å². The number of ether oxygens (including phenoxy) is 1. The zero-order valence-electron chi connectivity index (χ0n) is 9.45. The van der Waals surface area contributed by atoms with E-state index in [1.165, 1.54) is 20.4 Å². The number of esters is 1. The second-order valence-corrected chi connectivity index (χ2v) is 2.95. The van der Waals surface area contributed by atoms with Crippen LogP contribution in [0.2, 0.25) is 0 Å². The van der Waals surface area contributed by atoms with Crippen molar-refractivity contribution in [1.29, 1.82) is 0 Å². The van der Waals surface area contributed by atoms with Gasteiger partial charge in [-0.3, -0.25) is 0 Å². The fraction of sp³-hybridized carbons (Fsp3) is 0.182. The highest BCUT2D eigenvalue weighted by Gasteiger charge is 2.18. The number of carbonyl (C=O) groups is 1. The number of methoxy groups -OCH3 is 1. The summed E-state index contributed by atoms with van der Waals surface area (Å²) in [6.45, 7) is 0. The lowest BCUT2D eigenvalue weighted by molar-refractivity contribution is -0.132. The first-order chi connectivity index (χ1) is 8.24. The first-order valence-electron chi connectivity index (χ1n) is 4.71. The average Bonchev–Trinajstić information content (AvgIpc) is 2.36. The molecule has 90 valence electrons. The molecule has 0 aromatic heterocycles. The van der Waals surface area contributed by atoms with Gasteiger partial charge in [0.25, 0.3) is 0 Å². The van der Waals surface area contributed by atoms with Crippen molar-refractivity contribution in [3.05, 3.63) is 35.4 Å². The van der Waals surface area contributed by atoms with E-state index >= 15 is 0 Å². The molecule has 0 aliphatic carbocycles. The molecule has 0 unspecified atom stereocenters. The van der Waals surface area contributed by atoms with Crippen molar-refractivity contribution in [3.8, 4) is 0 Å². The van der Waals surface area contributed by atoms with Crippen LogP contribution in [0.5, 0.6) is 0 Å². The Hall–Kier alpha value is -2.37. The third-order valence-electron chi connectivity index (χ3n) is 1.97. The van der Waals surface area contributed by atoms with E-state index in [-0.39, 0.29) is 5.71 Å². The van der Waals surface area contributed by atoms with Crippen LogP contribution in [0, 0.1) is 0 Å². The molecule has 0 radical (unpaired) electrons. The third kappa shape index (κ3) is 3.04. The van der Waals surface area contributed by atoms with Crippen molar-refractivity contribution >= 4 is 17.9 Å². The summed E-state index contributed by atoms with van der Waals surface area (Å²) in [7, 11) is 2.57. The second-order valence-electron chi connectivity index (χ2n) is 2.95. The van der Waals surface area contributed by atoms with Crippen LogP contribution < -0.4 is 0 Å². The molecule has 0 saturated heterocycles. The van der Waals surface area contributed by atoms with E-state index in [0.717, 1.165) is 0 Å². The molecule has 0 amide bonds. The van der Waals surface area contributed by atoms with Crippen LogP contribution >= 0.6 is 0 Å². The number of rotatable bonds is 4. The quantitative estimate of drug-likeness (QED) is 0.366. The molecule has 0 heterocycles. The molecule has 0 bridgehead atoms. The van der Waals surface area contributed by atoms with Crippen LogP contribution in [0.4, 0.5) is 0 Å². The smallest absolute Gasteiger partial charge is 0.360 e. The summed E-state index contributed by atoms with van der Waals surface area (Å²) in [5.41, 5.74) is 0.987. The van der Waals surface area contributed by atoms with Gasteiger partial charge in [0.15, 0.2) is 5.71 Å². The number of oxime groups is 2. The van der Waals surface area contributed by atoms with E-state index in [2.05, 4.69) is 19.9 Å². The fourth-order valence-electron chi connectivity index (χ4n) is 1.27. The maximum absolute atomic E-state index is 11.5. The van der Waals surface area contributed by atoms with Gasteiger partial charge < -0.3 is 14.8 Å². The van der Waals surface area contributed by atoms with Crippen LogP contribution in [0.3, 0.4) is 0 Å². The third-order valence-corrected chi connectivity index (χ3v) is 1.97. The van der Waals surface area contributed by atoms with Crippen LogP contribution in [0.1, 0.15) is 11.1 Å². The van der Waals surface area contributed by atoms with Gasteiger partial charge in [-0.05, 0) is 0 Å². The van der Waals surface area contributed by atoms with Gasteiger partial charge in [0, 0.05) is 11.1 Å². The molecule has 0 atom stereocenters. The lowest BCUT2D eigenvalue weighted by atomic mass is 10.0. The summed E-state index contributed by atoms with van der Waals surface area (Å²) < 4.78 is 4.60. The minimum Gasteiger partial charge on any atom is -0.464 e. The van der Waals surface area contributed by atoms with Gasteiger partial charge in [0.05, 0.1) is 13.3 Å². The molecule has 0 spiro atoms. The summed E-state index contributed by atoms with van der Waals surface area (Å²) >= 11 is 0. The van der Waals surface area contributed by atoms with E-state index in [4.69, 9.17) is 5.21 Å². The van der Waals surface area contributed by atoms with E-state index in [1.807, 2.05) is 0 Å². The highest BCUT2D eigenvalue weighted by Crippen LogP contribution is 2.09. The van der Waals surface area contributed by atoms with Gasteiger partial charge in [-0.1, -0.05) is 34.6 Å². The van der Waals surface area contributed by atoms with Crippen LogP contribution in [-0.4, -0.2) is 37.3 Å². The predicted octanol–water partition coefficient (Wildman–Crippen LogP) is 1.02. The molecule has 0 fully saturated rings. The molecule has 6 nitrogen and oxygen atoms in total. The molecule has 1 rings (SSSR count). The highest BCUT2D eigenvalue weighted by molar-refractivity contribution is 6.44. The van der Waals surface area contributed by atoms with E-state index in [9.17, 15) is 4.79 Å². The zero-order valence-corrected chi connectivity index (χ0v) is 9.45. The SMILES string of the molecule is CO/N=C(/C(=O)OC)c1ccccc1/C=N\O. The van der Waals surface area contributed by atoms with Gasteiger partial charge in [0.1, 0.15) is 7.11 Å². The van der Waals surface area contributed by atoms with Gasteiger partial charge in [-0.15, -0.1) is 0 Å². The summed E-state index contributed by atoms with van der Waals surface area (Å²) in [5, 5.41) is 15.1. The Morgan fingerprint density at radius 2 is 2.06 bits per heavy atom. The molecule has 17 heavy (non-hydrogen) atoms. The maximum atomic E-state index is 11.5. The minimum atomic E-state index is -0.634. The standard InChI is InChI=1S/C11H12N2O4/c1-16-11(14)10(13-17-2)9-6-4-3-5-8(9)7-12-15/h3-7,15H,1-2H3/b12-7-,13-10+. The van der Waals surface area contributed by atoms with Gasteiger partial charge in [0.2, 0.25) is 0 Å². The molecule has 1 aromatic carbocycles. The van der Waals surface area contributed by atoms with E-state index < -0.39 is 5.97 Å². The fourth-order valence-corrected chi connectivity index (χ4v) is 1.27. The van der Waals surface area contributed by atoms with Crippen molar-refractivity contribution in [2.45, 2.75) is 0 Å². The monoisotopic (exact) mass is 236 g/mol. The molecule has 6 heteroatoms. The lowest BCUT2D eigenvalue weighted by Gasteiger charge is -2.06. The number of benzene rings is 1. The van der Waals surface area contributed by atoms with Crippen molar-refractivity contribution in [3.63, 3.8) is 0 Å².